The second kappa shape index (κ2) is 6.29. The molecule has 0 radical (unpaired) electrons. The van der Waals surface area contributed by atoms with Crippen LogP contribution in [0.5, 0.6) is 0 Å². The van der Waals surface area contributed by atoms with E-state index in [4.69, 9.17) is 34.8 Å². The van der Waals surface area contributed by atoms with Crippen LogP contribution in [-0.2, 0) is 11.2 Å². The Morgan fingerprint density at radius 2 is 1.74 bits per heavy atom. The number of carbonyl (C=O) groups is 1. The molecule has 19 heavy (non-hydrogen) atoms. The molecule has 0 fully saturated rings. The molecule has 0 spiro atoms. The van der Waals surface area contributed by atoms with Gasteiger partial charge in [-0.3, -0.25) is 4.79 Å². The van der Waals surface area contributed by atoms with Gasteiger partial charge in [0.1, 0.15) is 0 Å². The number of amides is 1. The first-order valence-electron chi connectivity index (χ1n) is 5.54. The number of carbonyl (C=O) groups excluding carboxylic acids is 1. The number of rotatable bonds is 3. The van der Waals surface area contributed by atoms with Crippen LogP contribution in [0.1, 0.15) is 5.56 Å². The van der Waals surface area contributed by atoms with Crippen molar-refractivity contribution >= 4 is 46.4 Å². The van der Waals surface area contributed by atoms with Crippen LogP contribution < -0.4 is 5.32 Å². The van der Waals surface area contributed by atoms with Crippen molar-refractivity contribution in [3.05, 3.63) is 63.1 Å². The normalized spacial score (nSPS) is 10.3. The van der Waals surface area contributed by atoms with Gasteiger partial charge < -0.3 is 5.32 Å². The maximum Gasteiger partial charge on any atom is 0.228 e. The van der Waals surface area contributed by atoms with E-state index in [9.17, 15) is 4.79 Å². The molecule has 0 atom stereocenters. The summed E-state index contributed by atoms with van der Waals surface area (Å²) in [5, 5.41) is 4.36. The summed E-state index contributed by atoms with van der Waals surface area (Å²) < 4.78 is 0. The summed E-state index contributed by atoms with van der Waals surface area (Å²) in [5.74, 6) is -0.161. The molecule has 0 unspecified atom stereocenters. The third kappa shape index (κ3) is 4.13. The zero-order valence-corrected chi connectivity index (χ0v) is 12.1. The lowest BCUT2D eigenvalue weighted by Gasteiger charge is -2.07. The summed E-state index contributed by atoms with van der Waals surface area (Å²) in [6, 6.07) is 12.0. The van der Waals surface area contributed by atoms with Gasteiger partial charge in [0.2, 0.25) is 5.91 Å². The highest BCUT2D eigenvalue weighted by Crippen LogP contribution is 2.22. The zero-order valence-electron chi connectivity index (χ0n) is 9.79. The molecule has 98 valence electrons. The van der Waals surface area contributed by atoms with Crippen LogP contribution in [0, 0.1) is 0 Å². The van der Waals surface area contributed by atoms with Gasteiger partial charge in [0.25, 0.3) is 0 Å². The third-order valence-corrected chi connectivity index (χ3v) is 3.30. The number of hydrogen-bond acceptors (Lipinski definition) is 1. The molecule has 2 aromatic carbocycles. The van der Waals surface area contributed by atoms with Gasteiger partial charge in [0.15, 0.2) is 0 Å². The van der Waals surface area contributed by atoms with E-state index in [-0.39, 0.29) is 12.3 Å². The fourth-order valence-corrected chi connectivity index (χ4v) is 2.28. The maximum absolute atomic E-state index is 11.9. The standard InChI is InChI=1S/C14H10Cl3NO/c15-10-2-1-3-12(7-10)18-14(19)6-9-4-5-11(16)8-13(9)17/h1-5,7-8H,6H2,(H,18,19). The monoisotopic (exact) mass is 313 g/mol. The topological polar surface area (TPSA) is 29.1 Å². The molecule has 0 aliphatic carbocycles. The van der Waals surface area contributed by atoms with E-state index in [1.807, 2.05) is 0 Å². The Balaban J connectivity index is 2.05. The Kier molecular flexibility index (Phi) is 4.70. The van der Waals surface area contributed by atoms with Crippen molar-refractivity contribution in [3.63, 3.8) is 0 Å². The van der Waals surface area contributed by atoms with Gasteiger partial charge in [-0.1, -0.05) is 46.9 Å². The highest BCUT2D eigenvalue weighted by atomic mass is 35.5. The smallest absolute Gasteiger partial charge is 0.228 e. The molecule has 1 N–H and O–H groups in total. The fraction of sp³-hybridized carbons (Fsp3) is 0.0714. The minimum Gasteiger partial charge on any atom is -0.326 e. The van der Waals surface area contributed by atoms with Crippen molar-refractivity contribution in [1.82, 2.24) is 0 Å². The Morgan fingerprint density at radius 1 is 1.00 bits per heavy atom. The molecular formula is C14H10Cl3NO. The van der Waals surface area contributed by atoms with Crippen molar-refractivity contribution in [2.75, 3.05) is 5.32 Å². The van der Waals surface area contributed by atoms with Gasteiger partial charge >= 0.3 is 0 Å². The maximum atomic E-state index is 11.9. The van der Waals surface area contributed by atoms with Crippen molar-refractivity contribution in [1.29, 1.82) is 0 Å². The number of nitrogens with one attached hydrogen (secondary N) is 1. The minimum absolute atomic E-state index is 0.161. The van der Waals surface area contributed by atoms with Crippen LogP contribution in [0.25, 0.3) is 0 Å². The van der Waals surface area contributed by atoms with Crippen molar-refractivity contribution in [2.24, 2.45) is 0 Å². The summed E-state index contributed by atoms with van der Waals surface area (Å²) in [6.07, 6.45) is 0.183. The van der Waals surface area contributed by atoms with Crippen molar-refractivity contribution in [2.45, 2.75) is 6.42 Å². The second-order valence-corrected chi connectivity index (χ2v) is 5.25. The Labute approximate surface area is 126 Å². The molecule has 1 amide bonds. The van der Waals surface area contributed by atoms with Crippen molar-refractivity contribution < 1.29 is 4.79 Å². The molecule has 0 bridgehead atoms. The SMILES string of the molecule is O=C(Cc1ccc(Cl)cc1Cl)Nc1cccc(Cl)c1. The summed E-state index contributed by atoms with van der Waals surface area (Å²) in [4.78, 5) is 11.9. The molecule has 0 saturated carbocycles. The van der Waals surface area contributed by atoms with E-state index in [1.165, 1.54) is 0 Å². The van der Waals surface area contributed by atoms with E-state index >= 15 is 0 Å². The lowest BCUT2D eigenvalue weighted by atomic mass is 10.1. The van der Waals surface area contributed by atoms with Crippen LogP contribution >= 0.6 is 34.8 Å². The van der Waals surface area contributed by atoms with Crippen LogP contribution in [0.4, 0.5) is 5.69 Å². The number of halogens is 3. The lowest BCUT2D eigenvalue weighted by Crippen LogP contribution is -2.14. The summed E-state index contributed by atoms with van der Waals surface area (Å²) in [6.45, 7) is 0. The van der Waals surface area contributed by atoms with Gasteiger partial charge in [-0.15, -0.1) is 0 Å². The third-order valence-electron chi connectivity index (χ3n) is 2.47. The predicted molar refractivity (Wildman–Crippen MR) is 80.2 cm³/mol. The van der Waals surface area contributed by atoms with E-state index in [1.54, 1.807) is 42.5 Å². The highest BCUT2D eigenvalue weighted by Gasteiger charge is 2.08. The van der Waals surface area contributed by atoms with E-state index in [0.29, 0.717) is 20.8 Å². The average molecular weight is 315 g/mol. The van der Waals surface area contributed by atoms with Gasteiger partial charge in [-0.25, -0.2) is 0 Å². The first kappa shape index (κ1) is 14.2. The molecule has 0 aliphatic heterocycles. The average Bonchev–Trinajstić information content (AvgIpc) is 2.33. The second-order valence-electron chi connectivity index (χ2n) is 3.97. The van der Waals surface area contributed by atoms with Crippen LogP contribution in [0.15, 0.2) is 42.5 Å². The Morgan fingerprint density at radius 3 is 2.42 bits per heavy atom. The summed E-state index contributed by atoms with van der Waals surface area (Å²) >= 11 is 17.7. The van der Waals surface area contributed by atoms with Gasteiger partial charge in [0.05, 0.1) is 6.42 Å². The predicted octanol–water partition coefficient (Wildman–Crippen LogP) is 4.83. The molecule has 0 aromatic heterocycles. The van der Waals surface area contributed by atoms with Crippen LogP contribution in [0.3, 0.4) is 0 Å². The summed E-state index contributed by atoms with van der Waals surface area (Å²) in [7, 11) is 0. The van der Waals surface area contributed by atoms with Crippen LogP contribution in [-0.4, -0.2) is 5.91 Å². The molecule has 5 heteroatoms. The van der Waals surface area contributed by atoms with E-state index in [0.717, 1.165) is 5.56 Å². The quantitative estimate of drug-likeness (QED) is 0.864. The number of hydrogen-bond donors (Lipinski definition) is 1. The molecule has 2 nitrogen and oxygen atoms in total. The van der Waals surface area contributed by atoms with Gasteiger partial charge in [-0.2, -0.15) is 0 Å². The molecule has 0 saturated heterocycles. The lowest BCUT2D eigenvalue weighted by molar-refractivity contribution is -0.115. The van der Waals surface area contributed by atoms with Crippen LogP contribution in [0.2, 0.25) is 15.1 Å². The molecular weight excluding hydrogens is 305 g/mol. The Hall–Kier alpha value is -1.22. The molecule has 2 rings (SSSR count). The Bertz CT molecular complexity index is 613. The first-order chi connectivity index (χ1) is 9.04. The minimum atomic E-state index is -0.161. The fourth-order valence-electron chi connectivity index (χ4n) is 1.61. The molecule has 2 aromatic rings. The summed E-state index contributed by atoms with van der Waals surface area (Å²) in [5.41, 5.74) is 1.38. The van der Waals surface area contributed by atoms with E-state index < -0.39 is 0 Å². The number of benzene rings is 2. The van der Waals surface area contributed by atoms with Gasteiger partial charge in [0, 0.05) is 20.8 Å². The highest BCUT2D eigenvalue weighted by molar-refractivity contribution is 6.35. The molecule has 0 aliphatic rings. The van der Waals surface area contributed by atoms with Gasteiger partial charge in [-0.05, 0) is 35.9 Å². The number of anilines is 1. The van der Waals surface area contributed by atoms with E-state index in [2.05, 4.69) is 5.32 Å². The first-order valence-corrected chi connectivity index (χ1v) is 6.67. The zero-order chi connectivity index (χ0) is 13.8. The van der Waals surface area contributed by atoms with Crippen molar-refractivity contribution in [3.8, 4) is 0 Å². The molecule has 0 heterocycles. The largest absolute Gasteiger partial charge is 0.326 e.